The summed E-state index contributed by atoms with van der Waals surface area (Å²) in [6, 6.07) is 7.72. The Balaban J connectivity index is 2.40. The van der Waals surface area contributed by atoms with E-state index in [9.17, 15) is 9.59 Å². The summed E-state index contributed by atoms with van der Waals surface area (Å²) in [4.78, 5) is 24.1. The van der Waals surface area contributed by atoms with Gasteiger partial charge in [0.25, 0.3) is 0 Å². The molecule has 0 heterocycles. The number of urea groups is 1. The summed E-state index contributed by atoms with van der Waals surface area (Å²) in [5.41, 5.74) is 2.25. The minimum Gasteiger partial charge on any atom is -0.481 e. The summed E-state index contributed by atoms with van der Waals surface area (Å²) in [5.74, 6) is -1.29. The second kappa shape index (κ2) is 7.53. The number of nitrogens with one attached hydrogen (secondary N) is 1. The van der Waals surface area contributed by atoms with Gasteiger partial charge in [0.15, 0.2) is 0 Å². The number of hydrogen-bond acceptors (Lipinski definition) is 2. The maximum absolute atomic E-state index is 11.9. The fraction of sp³-hybridized carbons (Fsp3) is 0.467. The number of carbonyl (C=O) groups excluding carboxylic acids is 1. The van der Waals surface area contributed by atoms with Crippen LogP contribution in [-0.2, 0) is 11.3 Å². The van der Waals surface area contributed by atoms with Gasteiger partial charge in [0.1, 0.15) is 0 Å². The van der Waals surface area contributed by atoms with E-state index in [1.807, 2.05) is 31.2 Å². The van der Waals surface area contributed by atoms with Crippen LogP contribution in [-0.4, -0.2) is 35.6 Å². The van der Waals surface area contributed by atoms with Gasteiger partial charge in [-0.25, -0.2) is 4.79 Å². The molecule has 0 radical (unpaired) electrons. The highest BCUT2D eigenvalue weighted by Crippen LogP contribution is 2.09. The van der Waals surface area contributed by atoms with E-state index in [2.05, 4.69) is 5.32 Å². The van der Waals surface area contributed by atoms with E-state index in [0.29, 0.717) is 19.5 Å². The normalized spacial score (nSPS) is 11.8. The first-order chi connectivity index (χ1) is 9.41. The van der Waals surface area contributed by atoms with E-state index in [1.165, 1.54) is 0 Å². The van der Waals surface area contributed by atoms with Crippen molar-refractivity contribution >= 4 is 12.0 Å². The van der Waals surface area contributed by atoms with Crippen LogP contribution in [0, 0.1) is 12.8 Å². The number of benzene rings is 1. The van der Waals surface area contributed by atoms with Crippen molar-refractivity contribution in [3.63, 3.8) is 0 Å². The predicted octanol–water partition coefficient (Wildman–Crippen LogP) is 2.25. The molecule has 1 aromatic rings. The molecule has 2 N–H and O–H groups in total. The average molecular weight is 278 g/mol. The minimum atomic E-state index is -0.840. The monoisotopic (exact) mass is 278 g/mol. The van der Waals surface area contributed by atoms with Crippen molar-refractivity contribution in [3.8, 4) is 0 Å². The van der Waals surface area contributed by atoms with Crippen LogP contribution in [0.1, 0.15) is 24.5 Å². The van der Waals surface area contributed by atoms with Gasteiger partial charge in [0, 0.05) is 20.1 Å². The van der Waals surface area contributed by atoms with Crippen molar-refractivity contribution in [2.24, 2.45) is 5.92 Å². The van der Waals surface area contributed by atoms with Crippen LogP contribution in [0.3, 0.4) is 0 Å². The zero-order valence-electron chi connectivity index (χ0n) is 12.2. The lowest BCUT2D eigenvalue weighted by atomic mass is 10.1. The number of carboxylic acids is 1. The molecule has 0 saturated heterocycles. The number of carbonyl (C=O) groups is 2. The molecule has 0 spiro atoms. The maximum Gasteiger partial charge on any atom is 0.317 e. The molecule has 1 atom stereocenters. The van der Waals surface area contributed by atoms with Gasteiger partial charge in [-0.05, 0) is 24.5 Å². The average Bonchev–Trinajstić information content (AvgIpc) is 2.40. The Morgan fingerprint density at radius 3 is 2.60 bits per heavy atom. The van der Waals surface area contributed by atoms with Crippen LogP contribution in [0.2, 0.25) is 0 Å². The Bertz CT molecular complexity index is 474. The number of rotatable bonds is 6. The van der Waals surface area contributed by atoms with E-state index >= 15 is 0 Å². The van der Waals surface area contributed by atoms with Crippen molar-refractivity contribution in [1.29, 1.82) is 0 Å². The smallest absolute Gasteiger partial charge is 0.317 e. The summed E-state index contributed by atoms with van der Waals surface area (Å²) in [7, 11) is 1.72. The number of hydrogen-bond donors (Lipinski definition) is 2. The quantitative estimate of drug-likeness (QED) is 0.838. The highest BCUT2D eigenvalue weighted by molar-refractivity contribution is 5.74. The third kappa shape index (κ3) is 4.91. The molecule has 0 aromatic heterocycles. The highest BCUT2D eigenvalue weighted by Gasteiger charge is 2.13. The molecule has 1 rings (SSSR count). The van der Waals surface area contributed by atoms with E-state index in [-0.39, 0.29) is 6.03 Å². The molecule has 20 heavy (non-hydrogen) atoms. The Morgan fingerprint density at radius 2 is 2.00 bits per heavy atom. The molecule has 1 aromatic carbocycles. The Morgan fingerprint density at radius 1 is 1.35 bits per heavy atom. The van der Waals surface area contributed by atoms with Crippen molar-refractivity contribution < 1.29 is 14.7 Å². The number of aliphatic carboxylic acids is 1. The fourth-order valence-corrected chi connectivity index (χ4v) is 1.77. The van der Waals surface area contributed by atoms with E-state index in [0.717, 1.165) is 11.1 Å². The third-order valence-electron chi connectivity index (χ3n) is 3.29. The molecule has 5 nitrogen and oxygen atoms in total. The van der Waals surface area contributed by atoms with Crippen LogP contribution < -0.4 is 5.32 Å². The Kier molecular flexibility index (Phi) is 6.03. The molecule has 0 aliphatic carbocycles. The van der Waals surface area contributed by atoms with Crippen LogP contribution in [0.4, 0.5) is 4.79 Å². The first-order valence-electron chi connectivity index (χ1n) is 6.68. The number of amides is 2. The summed E-state index contributed by atoms with van der Waals surface area (Å²) in [5, 5.41) is 11.5. The molecule has 0 aliphatic rings. The predicted molar refractivity (Wildman–Crippen MR) is 77.5 cm³/mol. The van der Waals surface area contributed by atoms with E-state index in [4.69, 9.17) is 5.11 Å². The van der Waals surface area contributed by atoms with Gasteiger partial charge in [0.2, 0.25) is 0 Å². The van der Waals surface area contributed by atoms with E-state index in [1.54, 1.807) is 18.9 Å². The maximum atomic E-state index is 11.9. The third-order valence-corrected chi connectivity index (χ3v) is 3.29. The van der Waals surface area contributed by atoms with Gasteiger partial charge in [-0.2, -0.15) is 0 Å². The SMILES string of the molecule is Cc1ccccc1CN(C)C(=O)NCCC(C)C(=O)O. The summed E-state index contributed by atoms with van der Waals surface area (Å²) < 4.78 is 0. The zero-order valence-corrected chi connectivity index (χ0v) is 12.2. The number of nitrogens with zero attached hydrogens (tertiary/aromatic N) is 1. The van der Waals surface area contributed by atoms with Crippen molar-refractivity contribution in [1.82, 2.24) is 10.2 Å². The summed E-state index contributed by atoms with van der Waals surface area (Å²) >= 11 is 0. The molecular formula is C15H22N2O3. The first-order valence-corrected chi connectivity index (χ1v) is 6.68. The van der Waals surface area contributed by atoms with Crippen LogP contribution in [0.25, 0.3) is 0 Å². The van der Waals surface area contributed by atoms with Gasteiger partial charge in [-0.3, -0.25) is 4.79 Å². The molecular weight excluding hydrogens is 256 g/mol. The molecule has 0 aliphatic heterocycles. The molecule has 0 saturated carbocycles. The topological polar surface area (TPSA) is 69.6 Å². The molecule has 0 bridgehead atoms. The fourth-order valence-electron chi connectivity index (χ4n) is 1.77. The highest BCUT2D eigenvalue weighted by atomic mass is 16.4. The van der Waals surface area contributed by atoms with Crippen molar-refractivity contribution in [2.45, 2.75) is 26.8 Å². The van der Waals surface area contributed by atoms with Crippen LogP contribution in [0.15, 0.2) is 24.3 Å². The van der Waals surface area contributed by atoms with Crippen molar-refractivity contribution in [3.05, 3.63) is 35.4 Å². The summed E-state index contributed by atoms with van der Waals surface area (Å²) in [6.45, 7) is 4.54. The molecule has 0 fully saturated rings. The Labute approximate surface area is 119 Å². The van der Waals surface area contributed by atoms with Crippen molar-refractivity contribution in [2.75, 3.05) is 13.6 Å². The second-order valence-corrected chi connectivity index (χ2v) is 5.04. The minimum absolute atomic E-state index is 0.189. The van der Waals surface area contributed by atoms with Gasteiger partial charge in [-0.1, -0.05) is 31.2 Å². The largest absolute Gasteiger partial charge is 0.481 e. The lowest BCUT2D eigenvalue weighted by Crippen LogP contribution is -2.38. The molecule has 5 heteroatoms. The molecule has 1 unspecified atom stereocenters. The zero-order chi connectivity index (χ0) is 15.1. The lowest BCUT2D eigenvalue weighted by molar-refractivity contribution is -0.141. The van der Waals surface area contributed by atoms with Gasteiger partial charge in [-0.15, -0.1) is 0 Å². The van der Waals surface area contributed by atoms with E-state index < -0.39 is 11.9 Å². The molecule has 2 amide bonds. The standard InChI is InChI=1S/C15H22N2O3/c1-11-6-4-5-7-13(11)10-17(3)15(20)16-9-8-12(2)14(18)19/h4-7,12H,8-10H2,1-3H3,(H,16,20)(H,18,19). The summed E-state index contributed by atoms with van der Waals surface area (Å²) in [6.07, 6.45) is 0.430. The Hall–Kier alpha value is -2.04. The number of carboxylic acid groups (broad SMARTS) is 1. The van der Waals surface area contributed by atoms with Gasteiger partial charge in [0.05, 0.1) is 5.92 Å². The second-order valence-electron chi connectivity index (χ2n) is 5.04. The first kappa shape index (κ1) is 16.0. The van der Waals surface area contributed by atoms with Crippen LogP contribution in [0.5, 0.6) is 0 Å². The van der Waals surface area contributed by atoms with Gasteiger partial charge >= 0.3 is 12.0 Å². The van der Waals surface area contributed by atoms with Crippen LogP contribution >= 0.6 is 0 Å². The molecule has 110 valence electrons. The van der Waals surface area contributed by atoms with Gasteiger partial charge < -0.3 is 15.3 Å². The lowest BCUT2D eigenvalue weighted by Gasteiger charge is -2.19. The number of aryl methyl sites for hydroxylation is 1.